The second-order valence-corrected chi connectivity index (χ2v) is 3.60. The molecule has 0 spiro atoms. The summed E-state index contributed by atoms with van der Waals surface area (Å²) in [5, 5.41) is 18.1. The van der Waals surface area contributed by atoms with Crippen molar-refractivity contribution < 1.29 is 19.8 Å². The highest BCUT2D eigenvalue weighted by Crippen LogP contribution is 2.22. The average molecular weight is 238 g/mol. The van der Waals surface area contributed by atoms with Gasteiger partial charge in [0.25, 0.3) is 0 Å². The highest BCUT2D eigenvalue weighted by atomic mass is 16.4. The molecule has 6 N–H and O–H groups in total. The molecule has 0 aliphatic rings. The van der Waals surface area contributed by atoms with Gasteiger partial charge >= 0.3 is 5.97 Å². The maximum absolute atomic E-state index is 11.4. The summed E-state index contributed by atoms with van der Waals surface area (Å²) in [6.07, 6.45) is 0. The van der Waals surface area contributed by atoms with Gasteiger partial charge in [0.2, 0.25) is 0 Å². The van der Waals surface area contributed by atoms with Gasteiger partial charge in [-0.2, -0.15) is 0 Å². The zero-order chi connectivity index (χ0) is 13.0. The van der Waals surface area contributed by atoms with Gasteiger partial charge in [0.05, 0.1) is 12.6 Å². The minimum atomic E-state index is -1.37. The predicted molar refractivity (Wildman–Crippen MR) is 60.2 cm³/mol. The number of Topliss-reactive ketones (excluding diaryl/α,β-unsaturated/α-hetero) is 1. The Labute approximate surface area is 97.8 Å². The van der Waals surface area contributed by atoms with Crippen molar-refractivity contribution in [3.8, 4) is 5.75 Å². The first-order valence-corrected chi connectivity index (χ1v) is 4.97. The lowest BCUT2D eigenvalue weighted by molar-refractivity contribution is -0.146. The molecule has 1 aromatic rings. The molecule has 0 aliphatic heterocycles. The van der Waals surface area contributed by atoms with Crippen LogP contribution >= 0.6 is 0 Å². The smallest absolute Gasteiger partial charge is 0.316 e. The Hall–Kier alpha value is -1.92. The normalized spacial score (nSPS) is 14.0. The van der Waals surface area contributed by atoms with Gasteiger partial charge in [-0.1, -0.05) is 12.1 Å². The van der Waals surface area contributed by atoms with E-state index in [1.165, 1.54) is 24.3 Å². The van der Waals surface area contributed by atoms with E-state index in [9.17, 15) is 9.59 Å². The molecule has 2 atom stereocenters. The number of rotatable bonds is 5. The van der Waals surface area contributed by atoms with Crippen LogP contribution in [0, 0.1) is 5.92 Å². The Morgan fingerprint density at radius 3 is 2.18 bits per heavy atom. The standard InChI is InChI=1S/C11H14N2O4/c12-5-8(15)9(11(16)17)10(13)6-1-3-7(14)4-2-6/h1-4,9-10,14H,5,12-13H2,(H,16,17)/t9-,10?/m1/s1. The predicted octanol–water partition coefficient (Wildman–Crippen LogP) is -0.379. The van der Waals surface area contributed by atoms with Crippen LogP contribution in [-0.4, -0.2) is 28.5 Å². The third-order valence-electron chi connectivity index (χ3n) is 2.45. The summed E-state index contributed by atoms with van der Waals surface area (Å²) in [5.74, 6) is -3.26. The number of carboxylic acids is 1. The number of hydrogen-bond acceptors (Lipinski definition) is 5. The molecule has 1 aromatic carbocycles. The number of aromatic hydroxyl groups is 1. The van der Waals surface area contributed by atoms with Gasteiger partial charge in [-0.15, -0.1) is 0 Å². The quantitative estimate of drug-likeness (QED) is 0.518. The third-order valence-corrected chi connectivity index (χ3v) is 2.45. The van der Waals surface area contributed by atoms with E-state index in [-0.39, 0.29) is 12.3 Å². The Morgan fingerprint density at radius 1 is 1.24 bits per heavy atom. The summed E-state index contributed by atoms with van der Waals surface area (Å²) >= 11 is 0. The number of carbonyl (C=O) groups is 2. The monoisotopic (exact) mass is 238 g/mol. The molecule has 0 aliphatic carbocycles. The fourth-order valence-electron chi connectivity index (χ4n) is 1.51. The Kier molecular flexibility index (Phi) is 4.19. The molecule has 0 fully saturated rings. The molecule has 0 aromatic heterocycles. The summed E-state index contributed by atoms with van der Waals surface area (Å²) in [5.41, 5.74) is 11.3. The topological polar surface area (TPSA) is 127 Å². The molecule has 0 saturated heterocycles. The summed E-state index contributed by atoms with van der Waals surface area (Å²) < 4.78 is 0. The van der Waals surface area contributed by atoms with Crippen molar-refractivity contribution >= 4 is 11.8 Å². The molecule has 92 valence electrons. The van der Waals surface area contributed by atoms with Crippen molar-refractivity contribution in [3.05, 3.63) is 29.8 Å². The molecule has 17 heavy (non-hydrogen) atoms. The second kappa shape index (κ2) is 5.42. The van der Waals surface area contributed by atoms with Gasteiger partial charge in [-0.3, -0.25) is 9.59 Å². The Morgan fingerprint density at radius 2 is 1.76 bits per heavy atom. The fourth-order valence-corrected chi connectivity index (χ4v) is 1.51. The lowest BCUT2D eigenvalue weighted by Crippen LogP contribution is -2.38. The van der Waals surface area contributed by atoms with Crippen LogP contribution in [0.5, 0.6) is 5.75 Å². The van der Waals surface area contributed by atoms with Crippen molar-refractivity contribution in [2.75, 3.05) is 6.54 Å². The van der Waals surface area contributed by atoms with Crippen LogP contribution in [0.4, 0.5) is 0 Å². The summed E-state index contributed by atoms with van der Waals surface area (Å²) in [6.45, 7) is -0.372. The molecular weight excluding hydrogens is 224 g/mol. The largest absolute Gasteiger partial charge is 0.508 e. The Bertz CT molecular complexity index is 416. The van der Waals surface area contributed by atoms with Gasteiger partial charge < -0.3 is 21.7 Å². The summed E-state index contributed by atoms with van der Waals surface area (Å²) in [7, 11) is 0. The molecule has 6 heteroatoms. The van der Waals surface area contributed by atoms with Crippen LogP contribution in [0.15, 0.2) is 24.3 Å². The van der Waals surface area contributed by atoms with Crippen molar-refractivity contribution in [1.82, 2.24) is 0 Å². The molecule has 0 heterocycles. The first kappa shape index (κ1) is 13.1. The molecule has 1 rings (SSSR count). The zero-order valence-electron chi connectivity index (χ0n) is 9.04. The van der Waals surface area contributed by atoms with Gasteiger partial charge in [0, 0.05) is 0 Å². The summed E-state index contributed by atoms with van der Waals surface area (Å²) in [4.78, 5) is 22.4. The number of hydrogen-bond donors (Lipinski definition) is 4. The lowest BCUT2D eigenvalue weighted by atomic mass is 9.90. The van der Waals surface area contributed by atoms with E-state index in [2.05, 4.69) is 0 Å². The van der Waals surface area contributed by atoms with Gasteiger partial charge in [0.1, 0.15) is 11.7 Å². The number of phenols is 1. The molecule has 1 unspecified atom stereocenters. The van der Waals surface area contributed by atoms with Crippen LogP contribution in [0.2, 0.25) is 0 Å². The third kappa shape index (κ3) is 3.02. The van der Waals surface area contributed by atoms with Crippen molar-refractivity contribution in [3.63, 3.8) is 0 Å². The van der Waals surface area contributed by atoms with Crippen LogP contribution in [0.25, 0.3) is 0 Å². The first-order valence-electron chi connectivity index (χ1n) is 4.97. The molecule has 6 nitrogen and oxygen atoms in total. The second-order valence-electron chi connectivity index (χ2n) is 3.60. The minimum Gasteiger partial charge on any atom is -0.508 e. The number of ketones is 1. The van der Waals surface area contributed by atoms with E-state index in [1.807, 2.05) is 0 Å². The van der Waals surface area contributed by atoms with E-state index in [0.29, 0.717) is 5.56 Å². The SMILES string of the molecule is NCC(=O)[C@@H](C(=O)O)C(N)c1ccc(O)cc1. The molecule has 0 amide bonds. The highest BCUT2D eigenvalue weighted by molar-refractivity contribution is 6.00. The number of phenolic OH excluding ortho intramolecular Hbond substituents is 1. The van der Waals surface area contributed by atoms with Gasteiger partial charge in [-0.25, -0.2) is 0 Å². The highest BCUT2D eigenvalue weighted by Gasteiger charge is 2.32. The van der Waals surface area contributed by atoms with Gasteiger partial charge in [-0.05, 0) is 17.7 Å². The maximum atomic E-state index is 11.4. The van der Waals surface area contributed by atoms with Crippen LogP contribution in [0.1, 0.15) is 11.6 Å². The van der Waals surface area contributed by atoms with E-state index >= 15 is 0 Å². The van der Waals surface area contributed by atoms with Gasteiger partial charge in [0.15, 0.2) is 5.78 Å². The summed E-state index contributed by atoms with van der Waals surface area (Å²) in [6, 6.07) is 4.71. The van der Waals surface area contributed by atoms with Crippen LogP contribution in [0.3, 0.4) is 0 Å². The first-order chi connectivity index (χ1) is 7.97. The van der Waals surface area contributed by atoms with E-state index in [0.717, 1.165) is 0 Å². The number of benzene rings is 1. The maximum Gasteiger partial charge on any atom is 0.316 e. The number of nitrogens with two attached hydrogens (primary N) is 2. The average Bonchev–Trinajstić information content (AvgIpc) is 2.29. The van der Waals surface area contributed by atoms with E-state index in [4.69, 9.17) is 21.7 Å². The van der Waals surface area contributed by atoms with Crippen LogP contribution < -0.4 is 11.5 Å². The Balaban J connectivity index is 2.99. The van der Waals surface area contributed by atoms with Crippen molar-refractivity contribution in [1.29, 1.82) is 0 Å². The molecule has 0 bridgehead atoms. The molecule has 0 saturated carbocycles. The lowest BCUT2D eigenvalue weighted by Gasteiger charge is -2.18. The molecule has 0 radical (unpaired) electrons. The van der Waals surface area contributed by atoms with Crippen LogP contribution in [-0.2, 0) is 9.59 Å². The minimum absolute atomic E-state index is 0.0398. The van der Waals surface area contributed by atoms with E-state index < -0.39 is 23.7 Å². The van der Waals surface area contributed by atoms with E-state index in [1.54, 1.807) is 0 Å². The van der Waals surface area contributed by atoms with Crippen molar-refractivity contribution in [2.24, 2.45) is 17.4 Å². The number of carboxylic acid groups (broad SMARTS) is 1. The molecular formula is C11H14N2O4. The fraction of sp³-hybridized carbons (Fsp3) is 0.273. The number of carbonyl (C=O) groups excluding carboxylic acids is 1. The zero-order valence-corrected chi connectivity index (χ0v) is 9.04. The van der Waals surface area contributed by atoms with Crippen molar-refractivity contribution in [2.45, 2.75) is 6.04 Å². The number of aliphatic carboxylic acids is 1.